The fourth-order valence-corrected chi connectivity index (χ4v) is 3.58. The van der Waals surface area contributed by atoms with Gasteiger partial charge in [0.1, 0.15) is 18.2 Å². The van der Waals surface area contributed by atoms with Gasteiger partial charge in [0.15, 0.2) is 6.29 Å². The minimum absolute atomic E-state index is 0.176. The highest BCUT2D eigenvalue weighted by molar-refractivity contribution is 6.19. The van der Waals surface area contributed by atoms with E-state index in [0.717, 1.165) is 5.56 Å². The van der Waals surface area contributed by atoms with Crippen molar-refractivity contribution in [1.29, 1.82) is 0 Å². The van der Waals surface area contributed by atoms with Crippen LogP contribution < -0.4 is 10.5 Å². The molecule has 0 radical (unpaired) electrons. The largest absolute Gasteiger partial charge is 0.485 e. The van der Waals surface area contributed by atoms with E-state index in [4.69, 9.17) is 10.5 Å². The Morgan fingerprint density at radius 3 is 2.54 bits per heavy atom. The summed E-state index contributed by atoms with van der Waals surface area (Å²) >= 11 is 0. The molecule has 0 bridgehead atoms. The Kier molecular flexibility index (Phi) is 4.53. The second-order valence-corrected chi connectivity index (χ2v) is 6.38. The van der Waals surface area contributed by atoms with Crippen molar-refractivity contribution in [2.45, 2.75) is 6.54 Å². The second kappa shape index (κ2) is 7.15. The van der Waals surface area contributed by atoms with Gasteiger partial charge in [-0.15, -0.1) is 0 Å². The third-order valence-corrected chi connectivity index (χ3v) is 4.70. The van der Waals surface area contributed by atoms with Crippen molar-refractivity contribution in [3.63, 3.8) is 0 Å². The van der Waals surface area contributed by atoms with E-state index in [2.05, 4.69) is 0 Å². The molecule has 3 aromatic carbocycles. The van der Waals surface area contributed by atoms with Crippen LogP contribution in [-0.2, 0) is 11.3 Å². The predicted octanol–water partition coefficient (Wildman–Crippen LogP) is 3.66. The number of aromatic nitrogens is 1. The van der Waals surface area contributed by atoms with Crippen molar-refractivity contribution in [1.82, 2.24) is 4.57 Å². The summed E-state index contributed by atoms with van der Waals surface area (Å²) in [5.74, 6) is -0.736. The number of nitrogens with zero attached hydrogens (tertiary/aromatic N) is 1. The topological polar surface area (TPSA) is 74.3 Å². The Labute approximate surface area is 160 Å². The number of aldehydes is 1. The van der Waals surface area contributed by atoms with Crippen molar-refractivity contribution < 1.29 is 18.7 Å². The lowest BCUT2D eigenvalue weighted by molar-refractivity contribution is -0.109. The summed E-state index contributed by atoms with van der Waals surface area (Å²) in [5.41, 5.74) is 7.80. The molecule has 1 heterocycles. The third kappa shape index (κ3) is 2.89. The molecule has 6 heteroatoms. The summed E-state index contributed by atoms with van der Waals surface area (Å²) in [6, 6.07) is 17.5. The van der Waals surface area contributed by atoms with Crippen LogP contribution in [0.4, 0.5) is 4.39 Å². The first-order valence-corrected chi connectivity index (χ1v) is 8.75. The summed E-state index contributed by atoms with van der Waals surface area (Å²) < 4.78 is 22.3. The summed E-state index contributed by atoms with van der Waals surface area (Å²) in [7, 11) is 0. The van der Waals surface area contributed by atoms with E-state index in [1.54, 1.807) is 16.7 Å². The van der Waals surface area contributed by atoms with Gasteiger partial charge in [-0.1, -0.05) is 36.4 Å². The number of primary amides is 1. The maximum absolute atomic E-state index is 15.0. The zero-order valence-electron chi connectivity index (χ0n) is 14.9. The van der Waals surface area contributed by atoms with E-state index in [9.17, 15) is 14.0 Å². The van der Waals surface area contributed by atoms with E-state index in [1.165, 1.54) is 12.1 Å². The molecule has 0 aliphatic heterocycles. The first kappa shape index (κ1) is 17.7. The number of halogens is 1. The van der Waals surface area contributed by atoms with Gasteiger partial charge in [-0.25, -0.2) is 4.39 Å². The molecule has 0 fully saturated rings. The van der Waals surface area contributed by atoms with E-state index < -0.39 is 11.7 Å². The monoisotopic (exact) mass is 376 g/mol. The number of carbonyl (C=O) groups excluding carboxylic acids is 2. The van der Waals surface area contributed by atoms with Crippen LogP contribution >= 0.6 is 0 Å². The number of rotatable bonds is 6. The van der Waals surface area contributed by atoms with Gasteiger partial charge < -0.3 is 15.0 Å². The van der Waals surface area contributed by atoms with Gasteiger partial charge in [0.05, 0.1) is 16.4 Å². The first-order valence-electron chi connectivity index (χ1n) is 8.75. The minimum Gasteiger partial charge on any atom is -0.485 e. The first-order chi connectivity index (χ1) is 13.6. The lowest BCUT2D eigenvalue weighted by atomic mass is 10.1. The zero-order chi connectivity index (χ0) is 19.7. The lowest BCUT2D eigenvalue weighted by Gasteiger charge is -2.09. The van der Waals surface area contributed by atoms with Crippen molar-refractivity contribution in [2.24, 2.45) is 5.73 Å². The molecule has 0 saturated heterocycles. The van der Waals surface area contributed by atoms with Crippen LogP contribution in [0.25, 0.3) is 21.8 Å². The molecule has 5 nitrogen and oxygen atoms in total. The molecular formula is C22H17FN2O3. The number of benzene rings is 3. The average molecular weight is 376 g/mol. The standard InChI is InChI=1S/C22H17FN2O3/c23-16-9-10-18(28-12-11-26)20-19-15(22(24)27)7-4-8-17(19)25(21(16)20)13-14-5-2-1-3-6-14/h1-11H,12-13H2,(H2,24,27). The number of fused-ring (bicyclic) bond motifs is 3. The fraction of sp³-hybridized carbons (Fsp3) is 0.0909. The Morgan fingerprint density at radius 1 is 1.04 bits per heavy atom. The molecular weight excluding hydrogens is 359 g/mol. The quantitative estimate of drug-likeness (QED) is 0.522. The normalized spacial score (nSPS) is 11.0. The van der Waals surface area contributed by atoms with Crippen LogP contribution in [0.5, 0.6) is 5.75 Å². The van der Waals surface area contributed by atoms with Crippen LogP contribution in [0.1, 0.15) is 15.9 Å². The molecule has 0 aliphatic rings. The third-order valence-electron chi connectivity index (χ3n) is 4.70. The maximum atomic E-state index is 15.0. The summed E-state index contributed by atoms with van der Waals surface area (Å²) in [6.45, 7) is 0.224. The Balaban J connectivity index is 2.11. The average Bonchev–Trinajstić information content (AvgIpc) is 3.04. The molecule has 0 unspecified atom stereocenters. The van der Waals surface area contributed by atoms with Crippen LogP contribution in [-0.4, -0.2) is 23.4 Å². The smallest absolute Gasteiger partial charge is 0.249 e. The van der Waals surface area contributed by atoms with Gasteiger partial charge in [0.25, 0.3) is 0 Å². The summed E-state index contributed by atoms with van der Waals surface area (Å²) in [5, 5.41) is 0.948. The van der Waals surface area contributed by atoms with Crippen LogP contribution in [0.2, 0.25) is 0 Å². The SMILES string of the molecule is NC(=O)c1cccc2c1c1c(OCC=O)ccc(F)c1n2Cc1ccccc1. The Bertz CT molecular complexity index is 1200. The number of hydrogen-bond acceptors (Lipinski definition) is 3. The van der Waals surface area contributed by atoms with Crippen molar-refractivity contribution in [3.05, 3.63) is 77.6 Å². The van der Waals surface area contributed by atoms with E-state index in [1.807, 2.05) is 36.4 Å². The van der Waals surface area contributed by atoms with Crippen molar-refractivity contribution in [2.75, 3.05) is 6.61 Å². The van der Waals surface area contributed by atoms with Gasteiger partial charge in [0, 0.05) is 17.5 Å². The fourth-order valence-electron chi connectivity index (χ4n) is 3.58. The van der Waals surface area contributed by atoms with E-state index in [-0.39, 0.29) is 12.2 Å². The molecule has 0 spiro atoms. The molecule has 1 amide bonds. The molecule has 28 heavy (non-hydrogen) atoms. The maximum Gasteiger partial charge on any atom is 0.249 e. The molecule has 4 aromatic rings. The van der Waals surface area contributed by atoms with Gasteiger partial charge in [-0.2, -0.15) is 0 Å². The molecule has 0 saturated carbocycles. The van der Waals surface area contributed by atoms with E-state index >= 15 is 0 Å². The second-order valence-electron chi connectivity index (χ2n) is 6.38. The molecule has 4 rings (SSSR count). The minimum atomic E-state index is -0.616. The predicted molar refractivity (Wildman–Crippen MR) is 105 cm³/mol. The highest BCUT2D eigenvalue weighted by atomic mass is 19.1. The van der Waals surface area contributed by atoms with Crippen LogP contribution in [0, 0.1) is 5.82 Å². The van der Waals surface area contributed by atoms with Crippen molar-refractivity contribution >= 4 is 34.0 Å². The summed E-state index contributed by atoms with van der Waals surface area (Å²) in [4.78, 5) is 22.8. The van der Waals surface area contributed by atoms with Gasteiger partial charge >= 0.3 is 0 Å². The summed E-state index contributed by atoms with van der Waals surface area (Å²) in [6.07, 6.45) is 0.618. The van der Waals surface area contributed by atoms with Crippen molar-refractivity contribution in [3.8, 4) is 5.75 Å². The molecule has 1 aromatic heterocycles. The molecule has 0 atom stereocenters. The number of hydrogen-bond donors (Lipinski definition) is 1. The van der Waals surface area contributed by atoms with Crippen LogP contribution in [0.3, 0.4) is 0 Å². The zero-order valence-corrected chi connectivity index (χ0v) is 14.9. The molecule has 140 valence electrons. The van der Waals surface area contributed by atoms with Gasteiger partial charge in [-0.3, -0.25) is 9.59 Å². The van der Waals surface area contributed by atoms with Gasteiger partial charge in [-0.05, 0) is 29.8 Å². The van der Waals surface area contributed by atoms with Gasteiger partial charge in [0.2, 0.25) is 5.91 Å². The number of carbonyl (C=O) groups is 2. The Morgan fingerprint density at radius 2 is 1.82 bits per heavy atom. The number of ether oxygens (including phenoxy) is 1. The van der Waals surface area contributed by atoms with E-state index in [0.29, 0.717) is 40.4 Å². The molecule has 2 N–H and O–H groups in total. The number of amides is 1. The highest BCUT2D eigenvalue weighted by Crippen LogP contribution is 2.39. The van der Waals surface area contributed by atoms with Crippen LogP contribution in [0.15, 0.2) is 60.7 Å². The highest BCUT2D eigenvalue weighted by Gasteiger charge is 2.22. The Hall–Kier alpha value is -3.67. The number of nitrogens with two attached hydrogens (primary N) is 1. The lowest BCUT2D eigenvalue weighted by Crippen LogP contribution is -2.11. The molecule has 0 aliphatic carbocycles.